The number of rotatable bonds is 0. The molecule has 0 spiro atoms. The molecule has 0 saturated heterocycles. The van der Waals surface area contributed by atoms with Crippen LogP contribution < -0.4 is 0 Å². The monoisotopic (exact) mass is 170 g/mol. The highest BCUT2D eigenvalue weighted by atomic mass is 35.5. The molecule has 0 nitrogen and oxygen atoms in total. The van der Waals surface area contributed by atoms with Crippen molar-refractivity contribution in [2.75, 3.05) is 12.5 Å². The van der Waals surface area contributed by atoms with Gasteiger partial charge in [-0.1, -0.05) is 0 Å². The van der Waals surface area contributed by atoms with Crippen LogP contribution in [-0.4, -0.2) is 12.5 Å². The van der Waals surface area contributed by atoms with Crippen LogP contribution in [0.3, 0.4) is 0 Å². The highest BCUT2D eigenvalue weighted by molar-refractivity contribution is 7.97. The zero-order chi connectivity index (χ0) is 2.71. The van der Waals surface area contributed by atoms with Gasteiger partial charge in [-0.25, -0.2) is 0 Å². The van der Waals surface area contributed by atoms with Crippen LogP contribution in [0.2, 0.25) is 0 Å². The van der Waals surface area contributed by atoms with E-state index < -0.39 is 0 Å². The van der Waals surface area contributed by atoms with Gasteiger partial charge in [-0.3, -0.25) is 0 Å². The summed E-state index contributed by atoms with van der Waals surface area (Å²) in [6, 6.07) is 0. The molecule has 0 aromatic rings. The average Bonchev–Trinajstić information content (AvgIpc) is 0.918. The molecule has 0 bridgehead atoms. The third-order valence-corrected chi connectivity index (χ3v) is 0. The minimum atomic E-state index is 0. The molecular formula is C2H9Cl3S. The maximum atomic E-state index is 2.04. The number of hydrogen-bond donors (Lipinski definition) is 0. The van der Waals surface area contributed by atoms with Crippen molar-refractivity contribution in [1.29, 1.82) is 0 Å². The smallest absolute Gasteiger partial charge is 0.0187 e. The predicted molar refractivity (Wildman–Crippen MR) is 41.2 cm³/mol. The molecule has 0 atom stereocenters. The molecule has 0 saturated carbocycles. The molecule has 0 rings (SSSR count). The summed E-state index contributed by atoms with van der Waals surface area (Å²) in [5.41, 5.74) is 0. The molecule has 4 heteroatoms. The summed E-state index contributed by atoms with van der Waals surface area (Å²) in [5, 5.41) is 0. The lowest BCUT2D eigenvalue weighted by Crippen LogP contribution is -1.25. The van der Waals surface area contributed by atoms with Crippen molar-refractivity contribution in [2.24, 2.45) is 0 Å². The van der Waals surface area contributed by atoms with E-state index in [1.807, 2.05) is 12.5 Å². The van der Waals surface area contributed by atoms with Crippen LogP contribution >= 0.6 is 49.0 Å². The minimum absolute atomic E-state index is 0. The molecule has 0 amide bonds. The van der Waals surface area contributed by atoms with Crippen LogP contribution in [0.5, 0.6) is 0 Å². The van der Waals surface area contributed by atoms with Gasteiger partial charge in [0.25, 0.3) is 0 Å². The van der Waals surface area contributed by atoms with Gasteiger partial charge in [-0.05, 0) is 12.5 Å². The minimum Gasteiger partial charge on any atom is -0.169 e. The first-order valence-corrected chi connectivity index (χ1v) is 2.45. The molecule has 0 radical (unpaired) electrons. The van der Waals surface area contributed by atoms with Crippen LogP contribution in [0.4, 0.5) is 0 Å². The van der Waals surface area contributed by atoms with E-state index in [0.717, 1.165) is 0 Å². The van der Waals surface area contributed by atoms with E-state index in [1.165, 1.54) is 0 Å². The van der Waals surface area contributed by atoms with Crippen LogP contribution in [-0.2, 0) is 0 Å². The van der Waals surface area contributed by atoms with E-state index in [1.54, 1.807) is 11.8 Å². The normalized spacial score (nSPS) is 3.00. The fourth-order valence-electron chi connectivity index (χ4n) is 0. The molecule has 0 N–H and O–H groups in total. The first kappa shape index (κ1) is 26.9. The second-order valence-corrected chi connectivity index (χ2v) is 1.22. The summed E-state index contributed by atoms with van der Waals surface area (Å²) < 4.78 is 0. The molecular weight excluding hydrogens is 162 g/mol. The van der Waals surface area contributed by atoms with Gasteiger partial charge in [0.05, 0.1) is 0 Å². The largest absolute Gasteiger partial charge is 0.169 e. The maximum Gasteiger partial charge on any atom is -0.0187 e. The Bertz CT molecular complexity index is 8.75. The summed E-state index contributed by atoms with van der Waals surface area (Å²) in [6.45, 7) is 0. The Morgan fingerprint density at radius 1 is 0.833 bits per heavy atom. The summed E-state index contributed by atoms with van der Waals surface area (Å²) in [7, 11) is 0. The molecule has 0 heterocycles. The first-order chi connectivity index (χ1) is 1.41. The second-order valence-electron chi connectivity index (χ2n) is 0.408. The van der Waals surface area contributed by atoms with Gasteiger partial charge in [-0.15, -0.1) is 37.2 Å². The summed E-state index contributed by atoms with van der Waals surface area (Å²) in [4.78, 5) is 0. The third kappa shape index (κ3) is 62.5. The van der Waals surface area contributed by atoms with E-state index in [0.29, 0.717) is 0 Å². The topological polar surface area (TPSA) is 0 Å². The van der Waals surface area contributed by atoms with Gasteiger partial charge in [0.1, 0.15) is 0 Å². The highest BCUT2D eigenvalue weighted by Crippen LogP contribution is 1.70. The molecule has 0 unspecified atom stereocenters. The third-order valence-electron chi connectivity index (χ3n) is 0. The second kappa shape index (κ2) is 34.4. The van der Waals surface area contributed by atoms with Crippen molar-refractivity contribution in [3.8, 4) is 0 Å². The molecule has 0 aromatic heterocycles. The fourth-order valence-corrected chi connectivity index (χ4v) is 0. The SMILES string of the molecule is CSC.Cl.Cl.Cl. The Morgan fingerprint density at radius 2 is 0.833 bits per heavy atom. The van der Waals surface area contributed by atoms with Crippen LogP contribution in [0.1, 0.15) is 0 Å². The van der Waals surface area contributed by atoms with E-state index in [4.69, 9.17) is 0 Å². The lowest BCUT2D eigenvalue weighted by atomic mass is 11.9. The zero-order valence-corrected chi connectivity index (χ0v) is 6.90. The van der Waals surface area contributed by atoms with Crippen molar-refractivity contribution < 1.29 is 0 Å². The summed E-state index contributed by atoms with van der Waals surface area (Å²) in [6.07, 6.45) is 4.08. The number of hydrogen-bond acceptors (Lipinski definition) is 1. The zero-order valence-electron chi connectivity index (χ0n) is 3.63. The van der Waals surface area contributed by atoms with Crippen LogP contribution in [0.15, 0.2) is 0 Å². The van der Waals surface area contributed by atoms with Gasteiger partial charge in [-0.2, -0.15) is 11.8 Å². The standard InChI is InChI=1S/C2H6S.3ClH/c1-3-2;;;/h1-2H3;3*1H. The van der Waals surface area contributed by atoms with E-state index in [9.17, 15) is 0 Å². The average molecular weight is 172 g/mol. The first-order valence-electron chi connectivity index (χ1n) is 0.816. The van der Waals surface area contributed by atoms with Gasteiger partial charge in [0.2, 0.25) is 0 Å². The predicted octanol–water partition coefficient (Wildman–Crippen LogP) is 2.24. The van der Waals surface area contributed by atoms with Gasteiger partial charge >= 0.3 is 0 Å². The van der Waals surface area contributed by atoms with E-state index >= 15 is 0 Å². The number of thioether (sulfide) groups is 1. The molecule has 0 aliphatic heterocycles. The van der Waals surface area contributed by atoms with Gasteiger partial charge in [0, 0.05) is 0 Å². The molecule has 6 heavy (non-hydrogen) atoms. The van der Waals surface area contributed by atoms with Crippen molar-refractivity contribution in [1.82, 2.24) is 0 Å². The van der Waals surface area contributed by atoms with Gasteiger partial charge < -0.3 is 0 Å². The van der Waals surface area contributed by atoms with Crippen LogP contribution in [0.25, 0.3) is 0 Å². The van der Waals surface area contributed by atoms with Crippen LogP contribution in [0, 0.1) is 0 Å². The molecule has 0 aliphatic rings. The van der Waals surface area contributed by atoms with Crippen molar-refractivity contribution in [3.63, 3.8) is 0 Å². The van der Waals surface area contributed by atoms with E-state index in [2.05, 4.69) is 0 Å². The van der Waals surface area contributed by atoms with Crippen molar-refractivity contribution >= 4 is 49.0 Å². The Morgan fingerprint density at radius 3 is 0.833 bits per heavy atom. The maximum absolute atomic E-state index is 2.04. The Hall–Kier alpha value is 1.22. The summed E-state index contributed by atoms with van der Waals surface area (Å²) >= 11 is 1.75. The molecule has 0 aliphatic carbocycles. The van der Waals surface area contributed by atoms with E-state index in [-0.39, 0.29) is 37.2 Å². The molecule has 0 aromatic carbocycles. The van der Waals surface area contributed by atoms with Crippen molar-refractivity contribution in [2.45, 2.75) is 0 Å². The molecule has 44 valence electrons. The van der Waals surface area contributed by atoms with Crippen molar-refractivity contribution in [3.05, 3.63) is 0 Å². The lowest BCUT2D eigenvalue weighted by molar-refractivity contribution is 2.37. The molecule has 0 fully saturated rings. The highest BCUT2D eigenvalue weighted by Gasteiger charge is 1.32. The fraction of sp³-hybridized carbons (Fsp3) is 1.00. The Labute approximate surface area is 61.7 Å². The number of halogens is 3. The van der Waals surface area contributed by atoms with Gasteiger partial charge in [0.15, 0.2) is 0 Å². The Balaban J connectivity index is -0.00000000667. The quantitative estimate of drug-likeness (QED) is 0.539. The Kier molecular flexibility index (Phi) is 154. The summed E-state index contributed by atoms with van der Waals surface area (Å²) in [5.74, 6) is 0. The lowest BCUT2D eigenvalue weighted by Gasteiger charge is -1.51.